The third-order valence-electron chi connectivity index (χ3n) is 4.38. The maximum Gasteiger partial charge on any atom is 0.203 e. The molecule has 0 aliphatic rings. The molecule has 5 nitrogen and oxygen atoms in total. The highest BCUT2D eigenvalue weighted by atomic mass is 35.5. The number of benzene rings is 2. The van der Waals surface area contributed by atoms with E-state index in [1.807, 2.05) is 13.8 Å². The van der Waals surface area contributed by atoms with Gasteiger partial charge in [0.1, 0.15) is 17.6 Å². The van der Waals surface area contributed by atoms with Crippen LogP contribution in [-0.4, -0.2) is 27.4 Å². The topological polar surface area (TPSA) is 56.5 Å². The molecular formula is C21H22Cl2N2O3. The molecule has 7 heteroatoms. The van der Waals surface area contributed by atoms with E-state index in [2.05, 4.69) is 4.98 Å². The first-order chi connectivity index (χ1) is 13.3. The summed E-state index contributed by atoms with van der Waals surface area (Å²) in [6, 6.07) is 14.1. The zero-order valence-corrected chi connectivity index (χ0v) is 17.1. The fourth-order valence-corrected chi connectivity index (χ4v) is 2.88. The normalized spacial score (nSPS) is 13.8. The van der Waals surface area contributed by atoms with Crippen molar-refractivity contribution >= 4 is 23.2 Å². The number of hydrogen-bond donors (Lipinski definition) is 1. The van der Waals surface area contributed by atoms with Gasteiger partial charge in [0.25, 0.3) is 0 Å². The molecule has 0 fully saturated rings. The van der Waals surface area contributed by atoms with Crippen molar-refractivity contribution in [1.82, 2.24) is 9.55 Å². The standard InChI is InChI=1S/C21H22Cl2N2O3/c1-21(2,13-27-17-7-3-15(22)4-8-17)19(26)20(25-12-11-24-14-25)28-18-9-5-16(23)6-10-18/h3-12,14,19-20,26H,13H2,1-2H3. The van der Waals surface area contributed by atoms with E-state index in [9.17, 15) is 5.11 Å². The van der Waals surface area contributed by atoms with Gasteiger partial charge in [0.05, 0.1) is 12.9 Å². The molecule has 0 saturated carbocycles. The van der Waals surface area contributed by atoms with Gasteiger partial charge in [0, 0.05) is 27.9 Å². The van der Waals surface area contributed by atoms with Crippen LogP contribution < -0.4 is 9.47 Å². The van der Waals surface area contributed by atoms with Crippen LogP contribution in [0.2, 0.25) is 10.0 Å². The van der Waals surface area contributed by atoms with E-state index in [1.165, 1.54) is 0 Å². The lowest BCUT2D eigenvalue weighted by Crippen LogP contribution is -2.43. The van der Waals surface area contributed by atoms with Gasteiger partial charge in [0.15, 0.2) is 0 Å². The van der Waals surface area contributed by atoms with Crippen LogP contribution in [0.1, 0.15) is 20.1 Å². The predicted octanol–water partition coefficient (Wildman–Crippen LogP) is 5.23. The Kier molecular flexibility index (Phi) is 6.50. The van der Waals surface area contributed by atoms with E-state index in [1.54, 1.807) is 71.8 Å². The maximum absolute atomic E-state index is 11.1. The van der Waals surface area contributed by atoms with Gasteiger partial charge < -0.3 is 14.6 Å². The summed E-state index contributed by atoms with van der Waals surface area (Å²) < 4.78 is 13.7. The molecule has 2 aromatic carbocycles. The fraction of sp³-hybridized carbons (Fsp3) is 0.286. The van der Waals surface area contributed by atoms with Crippen molar-refractivity contribution in [2.75, 3.05) is 6.61 Å². The summed E-state index contributed by atoms with van der Waals surface area (Å²) in [5.74, 6) is 1.28. The van der Waals surface area contributed by atoms with Gasteiger partial charge in [-0.2, -0.15) is 0 Å². The third kappa shape index (κ3) is 5.19. The number of ether oxygens (including phenoxy) is 2. The fourth-order valence-electron chi connectivity index (χ4n) is 2.63. The van der Waals surface area contributed by atoms with Crippen molar-refractivity contribution < 1.29 is 14.6 Å². The van der Waals surface area contributed by atoms with Crippen molar-refractivity contribution in [3.05, 3.63) is 77.3 Å². The molecule has 3 aromatic rings. The number of nitrogens with zero attached hydrogens (tertiary/aromatic N) is 2. The summed E-state index contributed by atoms with van der Waals surface area (Å²) in [5, 5.41) is 12.4. The highest BCUT2D eigenvalue weighted by Crippen LogP contribution is 2.32. The third-order valence-corrected chi connectivity index (χ3v) is 4.89. The first-order valence-corrected chi connectivity index (χ1v) is 9.57. The Morgan fingerprint density at radius 2 is 1.57 bits per heavy atom. The first kappa shape index (κ1) is 20.5. The van der Waals surface area contributed by atoms with E-state index in [0.717, 1.165) is 0 Å². The van der Waals surface area contributed by atoms with Crippen LogP contribution in [0.15, 0.2) is 67.3 Å². The van der Waals surface area contributed by atoms with Crippen LogP contribution in [0.5, 0.6) is 11.5 Å². The van der Waals surface area contributed by atoms with Crippen LogP contribution in [-0.2, 0) is 0 Å². The largest absolute Gasteiger partial charge is 0.493 e. The average Bonchev–Trinajstić information content (AvgIpc) is 3.21. The zero-order chi connectivity index (χ0) is 20.1. The SMILES string of the molecule is CC(C)(COc1ccc(Cl)cc1)C(O)C(Oc1ccc(Cl)cc1)n1ccnc1. The molecule has 0 saturated heterocycles. The number of rotatable bonds is 8. The number of imidazole rings is 1. The van der Waals surface area contributed by atoms with E-state index < -0.39 is 17.7 Å². The Hall–Kier alpha value is -2.21. The summed E-state index contributed by atoms with van der Waals surface area (Å²) in [5.41, 5.74) is -0.624. The van der Waals surface area contributed by atoms with Crippen LogP contribution in [0, 0.1) is 5.41 Å². The van der Waals surface area contributed by atoms with E-state index >= 15 is 0 Å². The zero-order valence-electron chi connectivity index (χ0n) is 15.6. The minimum absolute atomic E-state index is 0.283. The van der Waals surface area contributed by atoms with Gasteiger partial charge >= 0.3 is 0 Å². The van der Waals surface area contributed by atoms with Gasteiger partial charge in [-0.3, -0.25) is 4.57 Å². The first-order valence-electron chi connectivity index (χ1n) is 8.81. The number of aromatic nitrogens is 2. The van der Waals surface area contributed by atoms with Crippen LogP contribution in [0.25, 0.3) is 0 Å². The Morgan fingerprint density at radius 3 is 2.11 bits per heavy atom. The monoisotopic (exact) mass is 420 g/mol. The second-order valence-corrected chi connectivity index (χ2v) is 8.02. The molecular weight excluding hydrogens is 399 g/mol. The van der Waals surface area contributed by atoms with Crippen LogP contribution in [0.3, 0.4) is 0 Å². The van der Waals surface area contributed by atoms with E-state index in [4.69, 9.17) is 32.7 Å². The van der Waals surface area contributed by atoms with Crippen LogP contribution >= 0.6 is 23.2 Å². The molecule has 2 atom stereocenters. The lowest BCUT2D eigenvalue weighted by Gasteiger charge is -2.36. The Balaban J connectivity index is 1.75. The molecule has 28 heavy (non-hydrogen) atoms. The number of aliphatic hydroxyl groups excluding tert-OH is 1. The van der Waals surface area contributed by atoms with E-state index in [-0.39, 0.29) is 6.61 Å². The molecule has 1 aromatic heterocycles. The maximum atomic E-state index is 11.1. The quantitative estimate of drug-likeness (QED) is 0.541. The molecule has 1 N–H and O–H groups in total. The molecule has 3 rings (SSSR count). The summed E-state index contributed by atoms with van der Waals surface area (Å²) in [7, 11) is 0. The second kappa shape index (κ2) is 8.86. The molecule has 0 aliphatic carbocycles. The van der Waals surface area contributed by atoms with Crippen molar-refractivity contribution in [3.63, 3.8) is 0 Å². The summed E-state index contributed by atoms with van der Waals surface area (Å²) in [6.07, 6.45) is 3.43. The minimum atomic E-state index is -0.885. The van der Waals surface area contributed by atoms with E-state index in [0.29, 0.717) is 21.5 Å². The molecule has 0 bridgehead atoms. The minimum Gasteiger partial charge on any atom is -0.493 e. The number of aliphatic hydroxyl groups is 1. The Bertz CT molecular complexity index is 866. The summed E-state index contributed by atoms with van der Waals surface area (Å²) in [4.78, 5) is 4.07. The van der Waals surface area contributed by atoms with Crippen molar-refractivity contribution in [2.45, 2.75) is 26.2 Å². The number of halogens is 2. The predicted molar refractivity (Wildman–Crippen MR) is 110 cm³/mol. The summed E-state index contributed by atoms with van der Waals surface area (Å²) >= 11 is 11.9. The Morgan fingerprint density at radius 1 is 1.00 bits per heavy atom. The second-order valence-electron chi connectivity index (χ2n) is 7.15. The lowest BCUT2D eigenvalue weighted by molar-refractivity contribution is -0.0868. The van der Waals surface area contributed by atoms with Crippen molar-refractivity contribution in [1.29, 1.82) is 0 Å². The molecule has 0 amide bonds. The van der Waals surface area contributed by atoms with Gasteiger partial charge in [-0.25, -0.2) is 4.98 Å². The molecule has 0 aliphatic heterocycles. The number of hydrogen-bond acceptors (Lipinski definition) is 4. The molecule has 0 spiro atoms. The van der Waals surface area contributed by atoms with Crippen molar-refractivity contribution in [3.8, 4) is 11.5 Å². The molecule has 0 radical (unpaired) electrons. The lowest BCUT2D eigenvalue weighted by atomic mass is 9.86. The molecule has 2 unspecified atom stereocenters. The summed E-state index contributed by atoms with van der Waals surface area (Å²) in [6.45, 7) is 4.12. The highest BCUT2D eigenvalue weighted by molar-refractivity contribution is 6.30. The smallest absolute Gasteiger partial charge is 0.203 e. The van der Waals surface area contributed by atoms with Crippen molar-refractivity contribution in [2.24, 2.45) is 5.41 Å². The van der Waals surface area contributed by atoms with Gasteiger partial charge in [-0.05, 0) is 48.5 Å². The average molecular weight is 421 g/mol. The molecule has 148 valence electrons. The Labute approximate surface area is 174 Å². The molecule has 1 heterocycles. The van der Waals surface area contributed by atoms with Gasteiger partial charge in [-0.1, -0.05) is 37.0 Å². The van der Waals surface area contributed by atoms with Gasteiger partial charge in [0.2, 0.25) is 6.23 Å². The highest BCUT2D eigenvalue weighted by Gasteiger charge is 2.37. The van der Waals surface area contributed by atoms with Crippen LogP contribution in [0.4, 0.5) is 0 Å². The van der Waals surface area contributed by atoms with Gasteiger partial charge in [-0.15, -0.1) is 0 Å².